The highest BCUT2D eigenvalue weighted by atomic mass is 32.2. The molecule has 0 saturated heterocycles. The van der Waals surface area contributed by atoms with E-state index in [4.69, 9.17) is 5.73 Å². The van der Waals surface area contributed by atoms with Crippen molar-refractivity contribution in [2.24, 2.45) is 12.8 Å². The summed E-state index contributed by atoms with van der Waals surface area (Å²) >= 11 is 0. The zero-order valence-corrected chi connectivity index (χ0v) is 11.2. The van der Waals surface area contributed by atoms with Crippen LogP contribution in [-0.2, 0) is 17.1 Å². The van der Waals surface area contributed by atoms with Gasteiger partial charge in [-0.1, -0.05) is 18.2 Å². The van der Waals surface area contributed by atoms with Gasteiger partial charge >= 0.3 is 0 Å². The van der Waals surface area contributed by atoms with Gasteiger partial charge in [0, 0.05) is 13.2 Å². The van der Waals surface area contributed by atoms with Gasteiger partial charge in [0.25, 0.3) is 10.0 Å². The van der Waals surface area contributed by atoms with Crippen molar-refractivity contribution in [3.63, 3.8) is 0 Å². The summed E-state index contributed by atoms with van der Waals surface area (Å²) in [4.78, 5) is 3.92. The first kappa shape index (κ1) is 12.2. The van der Waals surface area contributed by atoms with Crippen molar-refractivity contribution in [3.05, 3.63) is 42.4 Å². The van der Waals surface area contributed by atoms with E-state index >= 15 is 0 Å². The highest BCUT2D eigenvalue weighted by Gasteiger charge is 2.35. The van der Waals surface area contributed by atoms with E-state index in [0.717, 1.165) is 5.56 Å². The van der Waals surface area contributed by atoms with Crippen LogP contribution in [0.1, 0.15) is 11.6 Å². The highest BCUT2D eigenvalue weighted by molar-refractivity contribution is 7.92. The number of sulfonamides is 1. The molecule has 1 aliphatic rings. The molecule has 0 amide bonds. The van der Waals surface area contributed by atoms with Gasteiger partial charge in [0.2, 0.25) is 0 Å². The molecule has 0 radical (unpaired) electrons. The summed E-state index contributed by atoms with van der Waals surface area (Å²) in [6.45, 7) is 0.248. The van der Waals surface area contributed by atoms with Crippen molar-refractivity contribution in [3.8, 4) is 0 Å². The maximum atomic E-state index is 12.6. The first-order chi connectivity index (χ1) is 9.00. The molecular formula is C12H14N4O2S. The molecular weight excluding hydrogens is 264 g/mol. The fourth-order valence-corrected chi connectivity index (χ4v) is 3.75. The number of fused-ring (bicyclic) bond motifs is 1. The number of nitrogens with zero attached hydrogens (tertiary/aromatic N) is 3. The molecule has 2 aromatic rings. The average molecular weight is 278 g/mol. The molecule has 0 fully saturated rings. The Labute approximate surface area is 111 Å². The van der Waals surface area contributed by atoms with E-state index in [1.807, 2.05) is 12.1 Å². The molecule has 0 saturated carbocycles. The Hall–Kier alpha value is -1.86. The molecule has 7 heteroatoms. The lowest BCUT2D eigenvalue weighted by atomic mass is 10.1. The van der Waals surface area contributed by atoms with E-state index in [1.165, 1.54) is 16.8 Å². The van der Waals surface area contributed by atoms with Gasteiger partial charge in [0.1, 0.15) is 0 Å². The fourth-order valence-electron chi connectivity index (χ4n) is 2.27. The number of hydrogen-bond acceptors (Lipinski definition) is 4. The lowest BCUT2D eigenvalue weighted by Gasteiger charge is -2.17. The van der Waals surface area contributed by atoms with Crippen LogP contribution in [0, 0.1) is 0 Å². The average Bonchev–Trinajstić information content (AvgIpc) is 2.95. The van der Waals surface area contributed by atoms with E-state index in [9.17, 15) is 8.42 Å². The van der Waals surface area contributed by atoms with Crippen LogP contribution in [0.3, 0.4) is 0 Å². The summed E-state index contributed by atoms with van der Waals surface area (Å²) in [7, 11) is -1.91. The van der Waals surface area contributed by atoms with Crippen molar-refractivity contribution < 1.29 is 8.42 Å². The molecule has 2 heterocycles. The molecule has 2 N–H and O–H groups in total. The summed E-state index contributed by atoms with van der Waals surface area (Å²) in [5, 5.41) is 0.0407. The van der Waals surface area contributed by atoms with Gasteiger partial charge in [-0.2, -0.15) is 8.42 Å². The van der Waals surface area contributed by atoms with Crippen molar-refractivity contribution in [1.29, 1.82) is 0 Å². The van der Waals surface area contributed by atoms with Crippen LogP contribution in [0.25, 0.3) is 0 Å². The molecule has 0 spiro atoms. The minimum atomic E-state index is -3.64. The molecule has 1 aromatic heterocycles. The zero-order valence-electron chi connectivity index (χ0n) is 10.4. The van der Waals surface area contributed by atoms with Crippen LogP contribution in [0.4, 0.5) is 5.69 Å². The van der Waals surface area contributed by atoms with Crippen molar-refractivity contribution in [2.75, 3.05) is 10.8 Å². The minimum absolute atomic E-state index is 0.0407. The van der Waals surface area contributed by atoms with Gasteiger partial charge in [0.05, 0.1) is 24.6 Å². The molecule has 1 atom stereocenters. The van der Waals surface area contributed by atoms with Gasteiger partial charge in [-0.05, 0) is 11.6 Å². The summed E-state index contributed by atoms with van der Waals surface area (Å²) < 4.78 is 28.0. The Bertz CT molecular complexity index is 723. The molecule has 19 heavy (non-hydrogen) atoms. The van der Waals surface area contributed by atoms with Crippen molar-refractivity contribution in [1.82, 2.24) is 9.55 Å². The highest BCUT2D eigenvalue weighted by Crippen LogP contribution is 2.36. The molecule has 1 aromatic carbocycles. The van der Waals surface area contributed by atoms with E-state index < -0.39 is 10.0 Å². The Morgan fingerprint density at radius 2 is 2.11 bits per heavy atom. The number of imidazole rings is 1. The summed E-state index contributed by atoms with van der Waals surface area (Å²) in [6, 6.07) is 6.99. The molecule has 6 nitrogen and oxygen atoms in total. The van der Waals surface area contributed by atoms with Crippen molar-refractivity contribution in [2.45, 2.75) is 11.1 Å². The topological polar surface area (TPSA) is 81.2 Å². The van der Waals surface area contributed by atoms with Gasteiger partial charge in [-0.25, -0.2) is 4.98 Å². The Morgan fingerprint density at radius 1 is 1.37 bits per heavy atom. The van der Waals surface area contributed by atoms with Crippen LogP contribution < -0.4 is 10.0 Å². The van der Waals surface area contributed by atoms with Crippen LogP contribution in [-0.4, -0.2) is 24.5 Å². The number of aryl methyl sites for hydroxylation is 1. The third-order valence-electron chi connectivity index (χ3n) is 3.20. The van der Waals surface area contributed by atoms with Crippen LogP contribution in [0.5, 0.6) is 0 Å². The van der Waals surface area contributed by atoms with Crippen LogP contribution >= 0.6 is 0 Å². The third-order valence-corrected chi connectivity index (χ3v) is 4.87. The van der Waals surface area contributed by atoms with Gasteiger partial charge < -0.3 is 10.3 Å². The predicted octanol–water partition coefficient (Wildman–Crippen LogP) is 0.629. The SMILES string of the molecule is Cn1cnc(S(=O)(=O)N2CC(N)c3ccccc32)c1. The van der Waals surface area contributed by atoms with E-state index in [2.05, 4.69) is 4.98 Å². The predicted molar refractivity (Wildman–Crippen MR) is 71.1 cm³/mol. The summed E-state index contributed by atoms with van der Waals surface area (Å²) in [6.07, 6.45) is 2.95. The first-order valence-corrected chi connectivity index (χ1v) is 7.29. The van der Waals surface area contributed by atoms with Gasteiger partial charge in [-0.3, -0.25) is 4.31 Å². The monoisotopic (exact) mass is 278 g/mol. The second-order valence-electron chi connectivity index (χ2n) is 4.58. The number of aromatic nitrogens is 2. The lowest BCUT2D eigenvalue weighted by Crippen LogP contribution is -2.31. The summed E-state index contributed by atoms with van der Waals surface area (Å²) in [5.74, 6) is 0. The largest absolute Gasteiger partial charge is 0.339 e. The number of hydrogen-bond donors (Lipinski definition) is 1. The minimum Gasteiger partial charge on any atom is -0.339 e. The van der Waals surface area contributed by atoms with E-state index in [0.29, 0.717) is 5.69 Å². The summed E-state index contributed by atoms with van der Waals surface area (Å²) in [5.41, 5.74) is 7.47. The molecule has 100 valence electrons. The third kappa shape index (κ3) is 1.82. The Morgan fingerprint density at radius 3 is 2.79 bits per heavy atom. The molecule has 0 bridgehead atoms. The molecule has 1 unspecified atom stereocenters. The van der Waals surface area contributed by atoms with Crippen molar-refractivity contribution >= 4 is 15.7 Å². The van der Waals surface area contributed by atoms with E-state index in [1.54, 1.807) is 23.7 Å². The number of nitrogens with two attached hydrogens (primary N) is 1. The fraction of sp³-hybridized carbons (Fsp3) is 0.250. The van der Waals surface area contributed by atoms with Gasteiger partial charge in [-0.15, -0.1) is 0 Å². The standard InChI is InChI=1S/C12H14N4O2S/c1-15-7-12(14-8-15)19(17,18)16-6-10(13)9-4-2-3-5-11(9)16/h2-5,7-8,10H,6,13H2,1H3. The second-order valence-corrected chi connectivity index (χ2v) is 6.39. The number of para-hydroxylation sites is 1. The quantitative estimate of drug-likeness (QED) is 0.873. The first-order valence-electron chi connectivity index (χ1n) is 5.85. The molecule has 1 aliphatic heterocycles. The van der Waals surface area contributed by atoms with Crippen LogP contribution in [0.2, 0.25) is 0 Å². The maximum absolute atomic E-state index is 12.6. The maximum Gasteiger partial charge on any atom is 0.283 e. The molecule has 3 rings (SSSR count). The zero-order chi connectivity index (χ0) is 13.6. The lowest BCUT2D eigenvalue weighted by molar-refractivity contribution is 0.586. The second kappa shape index (κ2) is 4.07. The normalized spacial score (nSPS) is 18.6. The van der Waals surface area contributed by atoms with Gasteiger partial charge in [0.15, 0.2) is 5.03 Å². The smallest absolute Gasteiger partial charge is 0.283 e. The Kier molecular flexibility index (Phi) is 2.61. The van der Waals surface area contributed by atoms with Crippen LogP contribution in [0.15, 0.2) is 41.8 Å². The molecule has 0 aliphatic carbocycles. The van der Waals surface area contributed by atoms with E-state index in [-0.39, 0.29) is 17.6 Å². The number of benzene rings is 1. The Balaban J connectivity index is 2.09. The number of anilines is 1. The number of rotatable bonds is 2.